The summed E-state index contributed by atoms with van der Waals surface area (Å²) in [6, 6.07) is 1.46. The van der Waals surface area contributed by atoms with Gasteiger partial charge in [0.25, 0.3) is 0 Å². The normalized spacial score (nSPS) is 20.5. The van der Waals surface area contributed by atoms with E-state index in [1.165, 1.54) is 17.2 Å². The van der Waals surface area contributed by atoms with Crippen LogP contribution in [-0.4, -0.2) is 31.1 Å². The first kappa shape index (κ1) is 13.9. The lowest BCUT2D eigenvalue weighted by molar-refractivity contribution is -0.117. The fourth-order valence-electron chi connectivity index (χ4n) is 1.70. The number of hydrogen-bond donors (Lipinski definition) is 0. The van der Waals surface area contributed by atoms with Crippen molar-refractivity contribution in [2.24, 2.45) is 0 Å². The lowest BCUT2D eigenvalue weighted by Crippen LogP contribution is -2.27. The summed E-state index contributed by atoms with van der Waals surface area (Å²) in [5.41, 5.74) is 0.289. The van der Waals surface area contributed by atoms with Gasteiger partial charge in [-0.15, -0.1) is 0 Å². The van der Waals surface area contributed by atoms with Crippen molar-refractivity contribution >= 4 is 54.5 Å². The molecule has 9 heteroatoms. The lowest BCUT2D eigenvalue weighted by Gasteiger charge is -2.17. The molecule has 0 N–H and O–H groups in total. The van der Waals surface area contributed by atoms with Crippen LogP contribution in [0.15, 0.2) is 12.3 Å². The molecule has 1 aliphatic heterocycles. The first-order valence-electron chi connectivity index (χ1n) is 4.84. The number of rotatable bonds is 2. The number of carbonyl (C=O) groups excluding carboxylic acids is 1. The second-order valence-electron chi connectivity index (χ2n) is 3.77. The Morgan fingerprint density at radius 1 is 1.39 bits per heavy atom. The van der Waals surface area contributed by atoms with Crippen LogP contribution < -0.4 is 4.90 Å². The fraction of sp³-hybridized carbons (Fsp3) is 0.333. The van der Waals surface area contributed by atoms with Gasteiger partial charge in [-0.3, -0.25) is 4.79 Å². The Kier molecular flexibility index (Phi) is 3.73. The van der Waals surface area contributed by atoms with Crippen LogP contribution in [-0.2, 0) is 13.8 Å². The highest BCUT2D eigenvalue weighted by Crippen LogP contribution is 2.32. The number of nitrogens with zero attached hydrogens (tertiary/aromatic N) is 2. The van der Waals surface area contributed by atoms with Crippen LogP contribution in [0.3, 0.4) is 0 Å². The van der Waals surface area contributed by atoms with Crippen molar-refractivity contribution in [3.8, 4) is 0 Å². The number of anilines is 1. The van der Waals surface area contributed by atoms with Gasteiger partial charge in [-0.1, -0.05) is 23.2 Å². The van der Waals surface area contributed by atoms with Crippen molar-refractivity contribution in [2.45, 2.75) is 11.7 Å². The largest absolute Gasteiger partial charge is 0.308 e. The highest BCUT2D eigenvalue weighted by molar-refractivity contribution is 8.14. The molecule has 1 atom stereocenters. The molecule has 98 valence electrons. The zero-order valence-corrected chi connectivity index (χ0v) is 11.9. The van der Waals surface area contributed by atoms with Crippen molar-refractivity contribution < 1.29 is 13.2 Å². The molecule has 0 spiro atoms. The van der Waals surface area contributed by atoms with Crippen molar-refractivity contribution in [1.29, 1.82) is 0 Å². The summed E-state index contributed by atoms with van der Waals surface area (Å²) in [5, 5.41) is -0.554. The van der Waals surface area contributed by atoms with Crippen molar-refractivity contribution in [3.63, 3.8) is 0 Å². The Bertz CT molecular complexity index is 605. The van der Waals surface area contributed by atoms with Crippen molar-refractivity contribution in [3.05, 3.63) is 22.4 Å². The summed E-state index contributed by atoms with van der Waals surface area (Å²) in [6.45, 7) is -0.0492. The summed E-state index contributed by atoms with van der Waals surface area (Å²) in [5.74, 6) is -0.379. The minimum absolute atomic E-state index is 0.0492. The molecule has 2 heterocycles. The number of hydrogen-bond acceptors (Lipinski definition) is 4. The maximum Gasteiger partial charge on any atom is 0.237 e. The van der Waals surface area contributed by atoms with Gasteiger partial charge in [-0.05, 0) is 6.07 Å². The molecule has 1 unspecified atom stereocenters. The van der Waals surface area contributed by atoms with E-state index in [0.717, 1.165) is 0 Å². The molecule has 1 aromatic heterocycles. The van der Waals surface area contributed by atoms with Gasteiger partial charge >= 0.3 is 0 Å². The smallest absolute Gasteiger partial charge is 0.237 e. The van der Waals surface area contributed by atoms with Gasteiger partial charge in [0.15, 0.2) is 5.15 Å². The predicted octanol–water partition coefficient (Wildman–Crippen LogP) is 2.06. The minimum atomic E-state index is -3.79. The van der Waals surface area contributed by atoms with E-state index in [0.29, 0.717) is 5.02 Å². The maximum atomic E-state index is 11.8. The van der Waals surface area contributed by atoms with E-state index in [4.69, 9.17) is 33.9 Å². The topological polar surface area (TPSA) is 67.3 Å². The van der Waals surface area contributed by atoms with Crippen LogP contribution in [0.25, 0.3) is 0 Å². The van der Waals surface area contributed by atoms with Gasteiger partial charge in [-0.2, -0.15) is 0 Å². The molecule has 0 aromatic carbocycles. The Labute approximate surface area is 118 Å². The molecule has 0 radical (unpaired) electrons. The number of carbonyl (C=O) groups is 1. The third-order valence-electron chi connectivity index (χ3n) is 2.57. The zero-order valence-electron chi connectivity index (χ0n) is 8.81. The van der Waals surface area contributed by atoms with Crippen LogP contribution in [0.5, 0.6) is 0 Å². The molecule has 2 rings (SSSR count). The van der Waals surface area contributed by atoms with E-state index < -0.39 is 14.3 Å². The van der Waals surface area contributed by atoms with Gasteiger partial charge in [-0.25, -0.2) is 13.4 Å². The number of pyridine rings is 1. The predicted molar refractivity (Wildman–Crippen MR) is 69.8 cm³/mol. The summed E-state index contributed by atoms with van der Waals surface area (Å²) >= 11 is 11.6. The van der Waals surface area contributed by atoms with E-state index in [9.17, 15) is 13.2 Å². The monoisotopic (exact) mass is 328 g/mol. The van der Waals surface area contributed by atoms with Crippen LogP contribution in [0.1, 0.15) is 6.42 Å². The van der Waals surface area contributed by atoms with Gasteiger partial charge in [0.1, 0.15) is 5.25 Å². The second-order valence-corrected chi connectivity index (χ2v) is 7.47. The molecule has 18 heavy (non-hydrogen) atoms. The maximum absolute atomic E-state index is 11.8. The van der Waals surface area contributed by atoms with Crippen molar-refractivity contribution in [2.75, 3.05) is 11.4 Å². The van der Waals surface area contributed by atoms with Crippen molar-refractivity contribution in [1.82, 2.24) is 4.98 Å². The highest BCUT2D eigenvalue weighted by Gasteiger charge is 2.38. The SMILES string of the molecule is O=C1CC(S(=O)(=O)Cl)CN1c1cc(Cl)cnc1Cl. The Hall–Kier alpha value is -0.560. The van der Waals surface area contributed by atoms with Crippen LogP contribution in [0.4, 0.5) is 5.69 Å². The molecular weight excluding hydrogens is 323 g/mol. The van der Waals surface area contributed by atoms with Crippen LogP contribution in [0.2, 0.25) is 10.2 Å². The zero-order chi connectivity index (χ0) is 13.5. The fourth-order valence-corrected chi connectivity index (χ4v) is 3.08. The quantitative estimate of drug-likeness (QED) is 0.615. The summed E-state index contributed by atoms with van der Waals surface area (Å²) in [7, 11) is 1.46. The van der Waals surface area contributed by atoms with Crippen LogP contribution in [0, 0.1) is 0 Å². The van der Waals surface area contributed by atoms with Gasteiger partial charge in [0.2, 0.25) is 15.0 Å². The standard InChI is InChI=1S/C9H7Cl3N2O3S/c10-5-1-7(9(11)13-3-5)14-4-6(2-8(14)15)18(12,16)17/h1,3,6H,2,4H2. The lowest BCUT2D eigenvalue weighted by atomic mass is 10.4. The minimum Gasteiger partial charge on any atom is -0.308 e. The Morgan fingerprint density at radius 2 is 2.06 bits per heavy atom. The third kappa shape index (κ3) is 2.71. The molecule has 1 saturated heterocycles. The summed E-state index contributed by atoms with van der Waals surface area (Å²) in [4.78, 5) is 16.8. The van der Waals surface area contributed by atoms with E-state index in [-0.39, 0.29) is 29.7 Å². The Morgan fingerprint density at radius 3 is 2.61 bits per heavy atom. The average molecular weight is 330 g/mol. The molecule has 1 amide bonds. The van der Waals surface area contributed by atoms with Gasteiger partial charge in [0, 0.05) is 29.8 Å². The summed E-state index contributed by atoms with van der Waals surface area (Å²) < 4.78 is 22.4. The molecule has 0 aliphatic carbocycles. The number of amides is 1. The number of aromatic nitrogens is 1. The molecule has 0 saturated carbocycles. The van der Waals surface area contributed by atoms with Crippen LogP contribution >= 0.6 is 33.9 Å². The molecule has 1 fully saturated rings. The van der Waals surface area contributed by atoms with E-state index in [2.05, 4.69) is 4.98 Å². The van der Waals surface area contributed by atoms with E-state index in [1.54, 1.807) is 0 Å². The van der Waals surface area contributed by atoms with E-state index in [1.807, 2.05) is 0 Å². The van der Waals surface area contributed by atoms with Gasteiger partial charge in [0.05, 0.1) is 10.7 Å². The molecule has 5 nitrogen and oxygen atoms in total. The summed E-state index contributed by atoms with van der Waals surface area (Å²) in [6.07, 6.45) is 1.17. The van der Waals surface area contributed by atoms with E-state index >= 15 is 0 Å². The Balaban J connectivity index is 2.35. The first-order valence-corrected chi connectivity index (χ1v) is 7.97. The first-order chi connectivity index (χ1) is 8.29. The molecule has 1 aliphatic rings. The molecule has 1 aromatic rings. The average Bonchev–Trinajstić information content (AvgIpc) is 2.64. The van der Waals surface area contributed by atoms with Gasteiger partial charge < -0.3 is 4.90 Å². The molecule has 0 bridgehead atoms. The second kappa shape index (κ2) is 4.85. The number of halogens is 3. The highest BCUT2D eigenvalue weighted by atomic mass is 35.7. The molecular formula is C9H7Cl3N2O3S. The third-order valence-corrected chi connectivity index (χ3v) is 4.93.